The van der Waals surface area contributed by atoms with Gasteiger partial charge in [0.05, 0.1) is 7.11 Å². The van der Waals surface area contributed by atoms with Crippen LogP contribution in [0, 0.1) is 5.41 Å². The average Bonchev–Trinajstić information content (AvgIpc) is 2.37. The largest absolute Gasteiger partial charge is 0.496 e. The van der Waals surface area contributed by atoms with Crippen molar-refractivity contribution in [2.24, 2.45) is 5.41 Å². The molecule has 1 heterocycles. The highest BCUT2D eigenvalue weighted by Gasteiger charge is 2.42. The number of carbonyl (C=O) groups is 1. The minimum Gasteiger partial charge on any atom is -0.496 e. The van der Waals surface area contributed by atoms with Crippen molar-refractivity contribution in [2.75, 3.05) is 13.7 Å². The maximum absolute atomic E-state index is 11.7. The van der Waals surface area contributed by atoms with E-state index in [2.05, 4.69) is 20.8 Å². The van der Waals surface area contributed by atoms with Gasteiger partial charge in [-0.15, -0.1) is 0 Å². The minimum atomic E-state index is -0.742. The van der Waals surface area contributed by atoms with Crippen molar-refractivity contribution in [3.63, 3.8) is 0 Å². The number of benzene rings is 1. The molecule has 1 aromatic carbocycles. The van der Waals surface area contributed by atoms with Gasteiger partial charge < -0.3 is 9.84 Å². The van der Waals surface area contributed by atoms with E-state index in [1.807, 2.05) is 32.0 Å². The summed E-state index contributed by atoms with van der Waals surface area (Å²) in [6.07, 6.45) is 1.96. The fraction of sp³-hybridized carbons (Fsp3) is 0.562. The van der Waals surface area contributed by atoms with E-state index in [4.69, 9.17) is 4.74 Å². The van der Waals surface area contributed by atoms with Crippen LogP contribution >= 0.6 is 15.9 Å². The Labute approximate surface area is 134 Å². The number of nitrogens with zero attached hydrogens (tertiary/aromatic N) is 1. The summed E-state index contributed by atoms with van der Waals surface area (Å²) in [5, 5.41) is 9.62. The summed E-state index contributed by atoms with van der Waals surface area (Å²) in [4.78, 5) is 13.8. The third-order valence-corrected chi connectivity index (χ3v) is 4.71. The van der Waals surface area contributed by atoms with Crippen molar-refractivity contribution < 1.29 is 14.6 Å². The van der Waals surface area contributed by atoms with E-state index in [1.54, 1.807) is 7.11 Å². The van der Waals surface area contributed by atoms with Gasteiger partial charge in [0.25, 0.3) is 0 Å². The van der Waals surface area contributed by atoms with Gasteiger partial charge in [-0.3, -0.25) is 9.69 Å². The number of hydrogen-bond donors (Lipinski definition) is 1. The molecule has 1 atom stereocenters. The number of likely N-dealkylation sites (tertiary alicyclic amines) is 1. The topological polar surface area (TPSA) is 49.8 Å². The SMILES string of the molecule is COc1ccc(Br)cc1CN1CCCC(C)(C)C1C(=O)O. The standard InChI is InChI=1S/C16H22BrNO3/c1-16(2)7-4-8-18(14(16)15(19)20)10-11-9-12(17)5-6-13(11)21-3/h5-6,9,14H,4,7-8,10H2,1-3H3,(H,19,20). The van der Waals surface area contributed by atoms with Crippen molar-refractivity contribution in [2.45, 2.75) is 39.3 Å². The smallest absolute Gasteiger partial charge is 0.321 e. The molecule has 1 aliphatic heterocycles. The van der Waals surface area contributed by atoms with Gasteiger partial charge in [0, 0.05) is 16.6 Å². The first-order valence-electron chi connectivity index (χ1n) is 7.14. The zero-order chi connectivity index (χ0) is 15.6. The van der Waals surface area contributed by atoms with Crippen LogP contribution in [0.2, 0.25) is 0 Å². The monoisotopic (exact) mass is 355 g/mol. The van der Waals surface area contributed by atoms with E-state index in [1.165, 1.54) is 0 Å². The van der Waals surface area contributed by atoms with Crippen LogP contribution in [0.25, 0.3) is 0 Å². The van der Waals surface area contributed by atoms with Gasteiger partial charge in [0.1, 0.15) is 11.8 Å². The number of hydrogen-bond acceptors (Lipinski definition) is 3. The number of ether oxygens (including phenoxy) is 1. The van der Waals surface area contributed by atoms with Gasteiger partial charge in [-0.1, -0.05) is 29.8 Å². The van der Waals surface area contributed by atoms with E-state index in [-0.39, 0.29) is 5.41 Å². The highest BCUT2D eigenvalue weighted by molar-refractivity contribution is 9.10. The van der Waals surface area contributed by atoms with Gasteiger partial charge in [-0.2, -0.15) is 0 Å². The van der Waals surface area contributed by atoms with Gasteiger partial charge in [-0.25, -0.2) is 0 Å². The van der Waals surface area contributed by atoms with Crippen molar-refractivity contribution in [3.8, 4) is 5.75 Å². The Hall–Kier alpha value is -1.07. The van der Waals surface area contributed by atoms with E-state index in [0.717, 1.165) is 35.2 Å². The summed E-state index contributed by atoms with van der Waals surface area (Å²) < 4.78 is 6.37. The maximum atomic E-state index is 11.7. The lowest BCUT2D eigenvalue weighted by Crippen LogP contribution is -2.53. The fourth-order valence-corrected chi connectivity index (χ4v) is 3.66. The molecule has 4 nitrogen and oxygen atoms in total. The Morgan fingerprint density at radius 2 is 2.24 bits per heavy atom. The summed E-state index contributed by atoms with van der Waals surface area (Å²) >= 11 is 3.47. The lowest BCUT2D eigenvalue weighted by atomic mass is 9.76. The lowest BCUT2D eigenvalue weighted by molar-refractivity contribution is -0.151. The van der Waals surface area contributed by atoms with E-state index < -0.39 is 12.0 Å². The number of piperidine rings is 1. The molecule has 0 aliphatic carbocycles. The first-order chi connectivity index (χ1) is 9.85. The molecule has 1 aliphatic rings. The van der Waals surface area contributed by atoms with E-state index in [0.29, 0.717) is 6.54 Å². The van der Waals surface area contributed by atoms with Crippen molar-refractivity contribution in [1.82, 2.24) is 4.90 Å². The number of carboxylic acids is 1. The number of aliphatic carboxylic acids is 1. The van der Waals surface area contributed by atoms with Gasteiger partial charge in [0.2, 0.25) is 0 Å². The molecule has 0 radical (unpaired) electrons. The second kappa shape index (κ2) is 6.36. The lowest BCUT2D eigenvalue weighted by Gasteiger charge is -2.44. The second-order valence-corrected chi connectivity index (χ2v) is 7.18. The molecule has 0 bridgehead atoms. The number of halogens is 1. The molecule has 1 saturated heterocycles. The van der Waals surface area contributed by atoms with E-state index >= 15 is 0 Å². The molecule has 5 heteroatoms. The molecule has 116 valence electrons. The van der Waals surface area contributed by atoms with Crippen molar-refractivity contribution >= 4 is 21.9 Å². The summed E-state index contributed by atoms with van der Waals surface area (Å²) in [7, 11) is 1.64. The molecule has 1 unspecified atom stereocenters. The normalized spacial score (nSPS) is 22.0. The van der Waals surface area contributed by atoms with Crippen LogP contribution in [0.1, 0.15) is 32.3 Å². The molecule has 1 aromatic rings. The van der Waals surface area contributed by atoms with Crippen LogP contribution in [0.4, 0.5) is 0 Å². The van der Waals surface area contributed by atoms with Crippen LogP contribution in [-0.4, -0.2) is 35.7 Å². The van der Waals surface area contributed by atoms with E-state index in [9.17, 15) is 9.90 Å². The molecule has 0 amide bonds. The Balaban J connectivity index is 2.28. The maximum Gasteiger partial charge on any atom is 0.321 e. The number of rotatable bonds is 4. The van der Waals surface area contributed by atoms with Crippen LogP contribution in [0.5, 0.6) is 5.75 Å². The Morgan fingerprint density at radius 1 is 1.52 bits per heavy atom. The quantitative estimate of drug-likeness (QED) is 0.897. The predicted octanol–water partition coefficient (Wildman–Crippen LogP) is 3.53. The van der Waals surface area contributed by atoms with Crippen molar-refractivity contribution in [1.29, 1.82) is 0 Å². The Kier molecular flexibility index (Phi) is 4.94. The van der Waals surface area contributed by atoms with Crippen LogP contribution in [-0.2, 0) is 11.3 Å². The molecular formula is C16H22BrNO3. The summed E-state index contributed by atoms with van der Waals surface area (Å²) in [6, 6.07) is 5.37. The van der Waals surface area contributed by atoms with Gasteiger partial charge in [-0.05, 0) is 43.0 Å². The van der Waals surface area contributed by atoms with Gasteiger partial charge in [0.15, 0.2) is 0 Å². The number of methoxy groups -OCH3 is 1. The highest BCUT2D eigenvalue weighted by Crippen LogP contribution is 2.37. The van der Waals surface area contributed by atoms with Crippen molar-refractivity contribution in [3.05, 3.63) is 28.2 Å². The zero-order valence-electron chi connectivity index (χ0n) is 12.7. The molecule has 1 fully saturated rings. The van der Waals surface area contributed by atoms with Crippen LogP contribution < -0.4 is 4.74 Å². The molecule has 0 aromatic heterocycles. The molecular weight excluding hydrogens is 334 g/mol. The summed E-state index contributed by atoms with van der Waals surface area (Å²) in [6.45, 7) is 5.46. The molecule has 2 rings (SSSR count). The molecule has 21 heavy (non-hydrogen) atoms. The third-order valence-electron chi connectivity index (χ3n) is 4.22. The highest BCUT2D eigenvalue weighted by atomic mass is 79.9. The Morgan fingerprint density at radius 3 is 2.86 bits per heavy atom. The summed E-state index contributed by atoms with van der Waals surface area (Å²) in [5.41, 5.74) is 0.791. The number of carboxylic acid groups (broad SMARTS) is 1. The first-order valence-corrected chi connectivity index (χ1v) is 7.94. The minimum absolute atomic E-state index is 0.219. The third kappa shape index (κ3) is 3.58. The molecule has 0 saturated carbocycles. The van der Waals surface area contributed by atoms with Crippen LogP contribution in [0.15, 0.2) is 22.7 Å². The fourth-order valence-electron chi connectivity index (χ4n) is 3.25. The van der Waals surface area contributed by atoms with Gasteiger partial charge >= 0.3 is 5.97 Å². The van der Waals surface area contributed by atoms with Crippen LogP contribution in [0.3, 0.4) is 0 Å². The summed E-state index contributed by atoms with van der Waals surface area (Å²) in [5.74, 6) is 0.0550. The first kappa shape index (κ1) is 16.3. The molecule has 0 spiro atoms. The Bertz CT molecular complexity index is 530. The zero-order valence-corrected chi connectivity index (χ0v) is 14.3. The predicted molar refractivity (Wildman–Crippen MR) is 85.5 cm³/mol. The molecule has 1 N–H and O–H groups in total. The average molecular weight is 356 g/mol. The second-order valence-electron chi connectivity index (χ2n) is 6.26.